The lowest BCUT2D eigenvalue weighted by molar-refractivity contribution is -0.180. The summed E-state index contributed by atoms with van der Waals surface area (Å²) in [5.74, 6) is -1.90. The number of amides is 1. The summed E-state index contributed by atoms with van der Waals surface area (Å²) in [5, 5.41) is 0. The average molecular weight is 407 g/mol. The van der Waals surface area contributed by atoms with E-state index in [4.69, 9.17) is 4.74 Å². The predicted molar refractivity (Wildman–Crippen MR) is 96.8 cm³/mol. The Labute approximate surface area is 164 Å². The molecule has 0 unspecified atom stereocenters. The smallest absolute Gasteiger partial charge is 0.416 e. The molecular formula is C21H17F4NO3. The van der Waals surface area contributed by atoms with E-state index in [1.165, 1.54) is 60.5 Å². The zero-order valence-corrected chi connectivity index (χ0v) is 15.5. The van der Waals surface area contributed by atoms with Gasteiger partial charge in [-0.05, 0) is 35.4 Å². The SMILES string of the molecule is COC(=O)[C@]1(/C=C/c2cccc(C(F)(F)F)c2)C(=O)N(C)[C@@H]1c1ccc(F)cc1. The van der Waals surface area contributed by atoms with E-state index >= 15 is 0 Å². The number of carbonyl (C=O) groups is 2. The number of halogens is 4. The predicted octanol–water partition coefficient (Wildman–Crippen LogP) is 4.23. The minimum absolute atomic E-state index is 0.170. The fourth-order valence-corrected chi connectivity index (χ4v) is 3.54. The molecule has 0 radical (unpaired) electrons. The topological polar surface area (TPSA) is 46.6 Å². The minimum Gasteiger partial charge on any atom is -0.468 e. The van der Waals surface area contributed by atoms with Crippen LogP contribution in [-0.4, -0.2) is 30.9 Å². The Morgan fingerprint density at radius 3 is 2.41 bits per heavy atom. The van der Waals surface area contributed by atoms with Gasteiger partial charge >= 0.3 is 12.1 Å². The monoisotopic (exact) mass is 407 g/mol. The molecule has 0 spiro atoms. The normalized spacial score (nSPS) is 21.9. The number of likely N-dealkylation sites (tertiary alicyclic amines) is 1. The highest BCUT2D eigenvalue weighted by atomic mass is 19.4. The Bertz CT molecular complexity index is 959. The Hall–Kier alpha value is -3.16. The molecule has 1 fully saturated rings. The summed E-state index contributed by atoms with van der Waals surface area (Å²) >= 11 is 0. The van der Waals surface area contributed by atoms with E-state index in [0.717, 1.165) is 19.2 Å². The summed E-state index contributed by atoms with van der Waals surface area (Å²) in [4.78, 5) is 26.6. The lowest BCUT2D eigenvalue weighted by atomic mass is 9.67. The third-order valence-corrected chi connectivity index (χ3v) is 4.95. The van der Waals surface area contributed by atoms with Crippen molar-refractivity contribution < 1.29 is 31.9 Å². The van der Waals surface area contributed by atoms with Gasteiger partial charge in [0.15, 0.2) is 5.41 Å². The molecule has 0 bridgehead atoms. The first-order chi connectivity index (χ1) is 13.6. The van der Waals surface area contributed by atoms with E-state index in [1.807, 2.05) is 0 Å². The van der Waals surface area contributed by atoms with E-state index in [2.05, 4.69) is 0 Å². The fraction of sp³-hybridized carbons (Fsp3) is 0.238. The van der Waals surface area contributed by atoms with Crippen LogP contribution in [0.15, 0.2) is 54.6 Å². The molecule has 0 aromatic heterocycles. The van der Waals surface area contributed by atoms with Gasteiger partial charge in [-0.3, -0.25) is 9.59 Å². The molecule has 3 rings (SSSR count). The van der Waals surface area contributed by atoms with Crippen LogP contribution < -0.4 is 0 Å². The molecule has 2 atom stereocenters. The van der Waals surface area contributed by atoms with E-state index in [1.54, 1.807) is 0 Å². The van der Waals surface area contributed by atoms with Gasteiger partial charge in [0.05, 0.1) is 18.7 Å². The second-order valence-corrected chi connectivity index (χ2v) is 6.69. The summed E-state index contributed by atoms with van der Waals surface area (Å²) < 4.78 is 56.9. The number of ether oxygens (including phenoxy) is 1. The van der Waals surface area contributed by atoms with E-state index in [-0.39, 0.29) is 5.56 Å². The number of rotatable bonds is 4. The molecule has 29 heavy (non-hydrogen) atoms. The van der Waals surface area contributed by atoms with Gasteiger partial charge in [-0.2, -0.15) is 13.2 Å². The highest BCUT2D eigenvalue weighted by molar-refractivity contribution is 6.11. The van der Waals surface area contributed by atoms with Gasteiger partial charge < -0.3 is 9.64 Å². The van der Waals surface area contributed by atoms with Gasteiger partial charge in [0.1, 0.15) is 5.82 Å². The zero-order chi connectivity index (χ0) is 21.4. The summed E-state index contributed by atoms with van der Waals surface area (Å²) in [7, 11) is 2.60. The van der Waals surface area contributed by atoms with Crippen molar-refractivity contribution in [2.24, 2.45) is 5.41 Å². The van der Waals surface area contributed by atoms with Gasteiger partial charge in [-0.15, -0.1) is 0 Å². The summed E-state index contributed by atoms with van der Waals surface area (Å²) in [6.45, 7) is 0. The molecule has 8 heteroatoms. The first kappa shape index (κ1) is 20.6. The number of carbonyl (C=O) groups excluding carboxylic acids is 2. The number of nitrogens with zero attached hydrogens (tertiary/aromatic N) is 1. The van der Waals surface area contributed by atoms with Crippen LogP contribution in [0.5, 0.6) is 0 Å². The number of hydrogen-bond donors (Lipinski definition) is 0. The first-order valence-electron chi connectivity index (χ1n) is 8.59. The molecular weight excluding hydrogens is 390 g/mol. The number of methoxy groups -OCH3 is 1. The Balaban J connectivity index is 2.05. The third kappa shape index (κ3) is 3.50. The van der Waals surface area contributed by atoms with Crippen molar-refractivity contribution in [1.82, 2.24) is 4.90 Å². The molecule has 1 aliphatic heterocycles. The quantitative estimate of drug-likeness (QED) is 0.330. The molecule has 0 aliphatic carbocycles. The second-order valence-electron chi connectivity index (χ2n) is 6.69. The van der Waals surface area contributed by atoms with Crippen molar-refractivity contribution in [2.75, 3.05) is 14.2 Å². The Kier molecular flexibility index (Phi) is 5.21. The van der Waals surface area contributed by atoms with Crippen molar-refractivity contribution in [2.45, 2.75) is 12.2 Å². The van der Waals surface area contributed by atoms with Gasteiger partial charge in [0, 0.05) is 7.05 Å². The van der Waals surface area contributed by atoms with E-state index < -0.39 is 40.9 Å². The minimum atomic E-state index is -4.52. The zero-order valence-electron chi connectivity index (χ0n) is 15.5. The molecule has 4 nitrogen and oxygen atoms in total. The first-order valence-corrected chi connectivity index (χ1v) is 8.59. The summed E-state index contributed by atoms with van der Waals surface area (Å²) in [5.41, 5.74) is -1.94. The molecule has 2 aromatic carbocycles. The lowest BCUT2D eigenvalue weighted by Crippen LogP contribution is -2.64. The van der Waals surface area contributed by atoms with Crippen molar-refractivity contribution in [3.8, 4) is 0 Å². The van der Waals surface area contributed by atoms with Crippen molar-refractivity contribution in [3.05, 3.63) is 77.1 Å². The number of esters is 1. The molecule has 0 saturated carbocycles. The van der Waals surface area contributed by atoms with Crippen LogP contribution >= 0.6 is 0 Å². The highest BCUT2D eigenvalue weighted by Gasteiger charge is 2.64. The summed E-state index contributed by atoms with van der Waals surface area (Å²) in [6, 6.07) is 9.01. The number of benzene rings is 2. The maximum absolute atomic E-state index is 13.3. The maximum atomic E-state index is 13.3. The van der Waals surface area contributed by atoms with Gasteiger partial charge in [0.25, 0.3) is 0 Å². The van der Waals surface area contributed by atoms with Crippen molar-refractivity contribution in [1.29, 1.82) is 0 Å². The fourth-order valence-electron chi connectivity index (χ4n) is 3.54. The number of hydrogen-bond acceptors (Lipinski definition) is 3. The van der Waals surface area contributed by atoms with Crippen LogP contribution in [0.25, 0.3) is 6.08 Å². The highest BCUT2D eigenvalue weighted by Crippen LogP contribution is 2.51. The third-order valence-electron chi connectivity index (χ3n) is 4.95. The maximum Gasteiger partial charge on any atom is 0.416 e. The van der Waals surface area contributed by atoms with Crippen molar-refractivity contribution in [3.63, 3.8) is 0 Å². The molecule has 1 amide bonds. The van der Waals surface area contributed by atoms with Crippen LogP contribution in [0, 0.1) is 11.2 Å². The van der Waals surface area contributed by atoms with E-state index in [9.17, 15) is 27.2 Å². The van der Waals surface area contributed by atoms with Crippen LogP contribution in [0.2, 0.25) is 0 Å². The van der Waals surface area contributed by atoms with E-state index in [0.29, 0.717) is 5.56 Å². The van der Waals surface area contributed by atoms with Crippen LogP contribution in [-0.2, 0) is 20.5 Å². The summed E-state index contributed by atoms with van der Waals surface area (Å²) in [6.07, 6.45) is -1.98. The molecule has 0 N–H and O–H groups in total. The largest absolute Gasteiger partial charge is 0.468 e. The van der Waals surface area contributed by atoms with Gasteiger partial charge in [-0.1, -0.05) is 36.4 Å². The standard InChI is InChI=1S/C21H17F4NO3/c1-26-17(14-6-8-16(22)9-7-14)20(18(26)27,19(28)29-2)11-10-13-4-3-5-15(12-13)21(23,24)25/h3-12,17H,1-2H3/b11-10+/t17-,20+/m1/s1. The number of β-lactam (4-membered cyclic amide) rings is 1. The van der Waals surface area contributed by atoms with Crippen LogP contribution in [0.3, 0.4) is 0 Å². The second kappa shape index (κ2) is 7.35. The Morgan fingerprint density at radius 2 is 1.83 bits per heavy atom. The molecule has 152 valence electrons. The van der Waals surface area contributed by atoms with Crippen molar-refractivity contribution >= 4 is 18.0 Å². The van der Waals surface area contributed by atoms with Crippen LogP contribution in [0.1, 0.15) is 22.7 Å². The Morgan fingerprint density at radius 1 is 1.17 bits per heavy atom. The molecule has 1 heterocycles. The lowest BCUT2D eigenvalue weighted by Gasteiger charge is -2.51. The molecule has 1 saturated heterocycles. The van der Waals surface area contributed by atoms with Crippen LogP contribution in [0.4, 0.5) is 17.6 Å². The van der Waals surface area contributed by atoms with Gasteiger partial charge in [0.2, 0.25) is 5.91 Å². The van der Waals surface area contributed by atoms with Gasteiger partial charge in [-0.25, -0.2) is 4.39 Å². The molecule has 1 aliphatic rings. The number of alkyl halides is 3. The molecule has 2 aromatic rings. The average Bonchev–Trinajstić information content (AvgIpc) is 2.70.